The molecule has 2 N–H and O–H groups in total. The maximum absolute atomic E-state index is 13.1. The van der Waals surface area contributed by atoms with Gasteiger partial charge in [-0.1, -0.05) is 18.2 Å². The van der Waals surface area contributed by atoms with Gasteiger partial charge in [0.1, 0.15) is 18.4 Å². The fourth-order valence-electron chi connectivity index (χ4n) is 3.31. The van der Waals surface area contributed by atoms with Gasteiger partial charge in [0, 0.05) is 4.88 Å². The van der Waals surface area contributed by atoms with Gasteiger partial charge >= 0.3 is 6.03 Å². The van der Waals surface area contributed by atoms with Crippen molar-refractivity contribution >= 4 is 29.2 Å². The van der Waals surface area contributed by atoms with Crippen LogP contribution < -0.4 is 10.6 Å². The number of aromatic nitrogens is 4. The second kappa shape index (κ2) is 7.67. The van der Waals surface area contributed by atoms with Crippen LogP contribution in [0.4, 0.5) is 4.79 Å². The number of hydrogen-bond donors (Lipinski definition) is 2. The van der Waals surface area contributed by atoms with Gasteiger partial charge < -0.3 is 10.6 Å². The molecule has 1 aromatic carbocycles. The van der Waals surface area contributed by atoms with Crippen molar-refractivity contribution in [2.75, 3.05) is 6.54 Å². The molecule has 10 nitrogen and oxygen atoms in total. The number of carbonyl (C=O) groups excluding carboxylic acids is 3. The predicted octanol–water partition coefficient (Wildman–Crippen LogP) is 1.37. The lowest BCUT2D eigenvalue weighted by atomic mass is 9.91. The highest BCUT2D eigenvalue weighted by Gasteiger charge is 2.49. The number of carbonyl (C=O) groups is 3. The first kappa shape index (κ1) is 19.7. The van der Waals surface area contributed by atoms with Gasteiger partial charge in [-0.25, -0.2) is 9.48 Å². The molecular formula is C19H19N7O3S. The quantitative estimate of drug-likeness (QED) is 0.575. The van der Waals surface area contributed by atoms with Gasteiger partial charge in [0.25, 0.3) is 5.91 Å². The highest BCUT2D eigenvalue weighted by molar-refractivity contribution is 7.10. The summed E-state index contributed by atoms with van der Waals surface area (Å²) in [6, 6.07) is 9.96. The third-order valence-electron chi connectivity index (χ3n) is 4.96. The zero-order valence-corrected chi connectivity index (χ0v) is 17.1. The summed E-state index contributed by atoms with van der Waals surface area (Å²) in [6.07, 6.45) is 1.43. The van der Waals surface area contributed by atoms with E-state index in [1.807, 2.05) is 24.4 Å². The predicted molar refractivity (Wildman–Crippen MR) is 108 cm³/mol. The molecule has 2 aromatic heterocycles. The van der Waals surface area contributed by atoms with E-state index in [2.05, 4.69) is 26.2 Å². The second-order valence-corrected chi connectivity index (χ2v) is 8.04. The molecule has 4 rings (SSSR count). The topological polar surface area (TPSA) is 122 Å². The van der Waals surface area contributed by atoms with Crippen molar-refractivity contribution in [3.63, 3.8) is 0 Å². The Morgan fingerprint density at radius 3 is 2.83 bits per heavy atom. The monoisotopic (exact) mass is 425 g/mol. The van der Waals surface area contributed by atoms with Crippen LogP contribution in [0, 0.1) is 0 Å². The number of nitrogens with zero attached hydrogens (tertiary/aromatic N) is 5. The van der Waals surface area contributed by atoms with Crippen LogP contribution in [-0.2, 0) is 15.1 Å². The maximum atomic E-state index is 13.1. The van der Waals surface area contributed by atoms with Gasteiger partial charge in [-0.2, -0.15) is 0 Å². The molecule has 0 saturated carbocycles. The number of urea groups is 1. The number of benzene rings is 1. The molecule has 30 heavy (non-hydrogen) atoms. The molecule has 1 saturated heterocycles. The molecular weight excluding hydrogens is 406 g/mol. The lowest BCUT2D eigenvalue weighted by molar-refractivity contribution is -0.135. The standard InChI is InChI=1S/C19H19N7O3S/c1-12(15-7-4-8-30-15)21-16(27)10-25-17(28)19(2,22-18(25)29)13-5-3-6-14(9-13)26-11-20-23-24-26/h3-9,11-12H,10H2,1-2H3,(H,21,27)(H,22,29)/t12-,19-/m0/s1. The molecule has 154 valence electrons. The van der Waals surface area contributed by atoms with Crippen molar-refractivity contribution in [3.8, 4) is 5.69 Å². The van der Waals surface area contributed by atoms with Crippen LogP contribution in [0.1, 0.15) is 30.3 Å². The molecule has 0 radical (unpaired) electrons. The van der Waals surface area contributed by atoms with Crippen molar-refractivity contribution in [2.24, 2.45) is 0 Å². The SMILES string of the molecule is C[C@H](NC(=O)CN1C(=O)N[C@@](C)(c2cccc(-n3cnnn3)c2)C1=O)c1cccs1. The van der Waals surface area contributed by atoms with Crippen LogP contribution >= 0.6 is 11.3 Å². The van der Waals surface area contributed by atoms with E-state index in [0.29, 0.717) is 11.3 Å². The fourth-order valence-corrected chi connectivity index (χ4v) is 4.05. The number of imide groups is 1. The van der Waals surface area contributed by atoms with Gasteiger partial charge in [-0.3, -0.25) is 14.5 Å². The summed E-state index contributed by atoms with van der Waals surface area (Å²) >= 11 is 1.52. The lowest BCUT2D eigenvalue weighted by Gasteiger charge is -2.23. The normalized spacial score (nSPS) is 19.6. The summed E-state index contributed by atoms with van der Waals surface area (Å²) in [5.74, 6) is -0.911. The third kappa shape index (κ3) is 3.54. The molecule has 3 heterocycles. The third-order valence-corrected chi connectivity index (χ3v) is 6.02. The molecule has 3 aromatic rings. The number of hydrogen-bond acceptors (Lipinski definition) is 7. The number of rotatable bonds is 6. The molecule has 11 heteroatoms. The summed E-state index contributed by atoms with van der Waals surface area (Å²) in [4.78, 5) is 40.0. The Labute approximate surface area is 175 Å². The van der Waals surface area contributed by atoms with Crippen LogP contribution in [0.2, 0.25) is 0 Å². The van der Waals surface area contributed by atoms with Gasteiger partial charge in [0.15, 0.2) is 0 Å². The van der Waals surface area contributed by atoms with Crippen LogP contribution in [-0.4, -0.2) is 49.5 Å². The highest BCUT2D eigenvalue weighted by atomic mass is 32.1. The zero-order chi connectivity index (χ0) is 21.3. The first-order valence-corrected chi connectivity index (χ1v) is 10.1. The van der Waals surface area contributed by atoms with Crippen LogP contribution in [0.3, 0.4) is 0 Å². The summed E-state index contributed by atoms with van der Waals surface area (Å²) < 4.78 is 1.45. The Bertz CT molecular complexity index is 1080. The molecule has 1 aliphatic rings. The van der Waals surface area contributed by atoms with Crippen LogP contribution in [0.15, 0.2) is 48.1 Å². The van der Waals surface area contributed by atoms with Crippen molar-refractivity contribution in [1.82, 2.24) is 35.7 Å². The fraction of sp³-hybridized carbons (Fsp3) is 0.263. The average Bonchev–Trinajstić information content (AvgIpc) is 3.48. The first-order valence-electron chi connectivity index (χ1n) is 9.19. The van der Waals surface area contributed by atoms with Gasteiger partial charge in [-0.15, -0.1) is 16.4 Å². The Morgan fingerprint density at radius 2 is 2.13 bits per heavy atom. The van der Waals surface area contributed by atoms with E-state index in [1.54, 1.807) is 31.2 Å². The molecule has 1 fully saturated rings. The number of thiophene rings is 1. The van der Waals surface area contributed by atoms with Crippen molar-refractivity contribution < 1.29 is 14.4 Å². The number of tetrazole rings is 1. The van der Waals surface area contributed by atoms with Crippen LogP contribution in [0.25, 0.3) is 5.69 Å². The van der Waals surface area contributed by atoms with Gasteiger partial charge in [0.2, 0.25) is 5.91 Å². The van der Waals surface area contributed by atoms with E-state index in [9.17, 15) is 14.4 Å². The second-order valence-electron chi connectivity index (χ2n) is 7.06. The summed E-state index contributed by atoms with van der Waals surface area (Å²) in [6.45, 7) is 3.10. The summed E-state index contributed by atoms with van der Waals surface area (Å²) in [7, 11) is 0. The van der Waals surface area contributed by atoms with E-state index >= 15 is 0 Å². The molecule has 0 unspecified atom stereocenters. The Kier molecular flexibility index (Phi) is 5.04. The Morgan fingerprint density at radius 1 is 1.30 bits per heavy atom. The minimum atomic E-state index is -1.30. The van der Waals surface area contributed by atoms with Crippen molar-refractivity contribution in [3.05, 3.63) is 58.5 Å². The minimum absolute atomic E-state index is 0.211. The maximum Gasteiger partial charge on any atom is 0.325 e. The molecule has 1 aliphatic heterocycles. The van der Waals surface area contributed by atoms with E-state index in [4.69, 9.17) is 0 Å². The van der Waals surface area contributed by atoms with Crippen LogP contribution in [0.5, 0.6) is 0 Å². The number of amides is 4. The van der Waals surface area contributed by atoms with E-state index in [1.165, 1.54) is 22.3 Å². The summed E-state index contributed by atoms with van der Waals surface area (Å²) in [5.41, 5.74) is -0.105. The van der Waals surface area contributed by atoms with E-state index in [0.717, 1.165) is 9.78 Å². The summed E-state index contributed by atoms with van der Waals surface area (Å²) in [5, 5.41) is 18.5. The highest BCUT2D eigenvalue weighted by Crippen LogP contribution is 2.30. The Hall–Kier alpha value is -3.60. The lowest BCUT2D eigenvalue weighted by Crippen LogP contribution is -2.43. The smallest absolute Gasteiger partial charge is 0.325 e. The molecule has 0 spiro atoms. The van der Waals surface area contributed by atoms with Gasteiger partial charge in [0.05, 0.1) is 11.7 Å². The first-order chi connectivity index (χ1) is 14.4. The zero-order valence-electron chi connectivity index (χ0n) is 16.3. The van der Waals surface area contributed by atoms with Crippen molar-refractivity contribution in [2.45, 2.75) is 25.4 Å². The van der Waals surface area contributed by atoms with Gasteiger partial charge in [-0.05, 0) is 53.4 Å². The van der Waals surface area contributed by atoms with Crippen molar-refractivity contribution in [1.29, 1.82) is 0 Å². The minimum Gasteiger partial charge on any atom is -0.347 e. The van der Waals surface area contributed by atoms with E-state index in [-0.39, 0.29) is 12.6 Å². The number of nitrogens with one attached hydrogen (secondary N) is 2. The molecule has 4 amide bonds. The average molecular weight is 425 g/mol. The Balaban J connectivity index is 1.51. The molecule has 0 bridgehead atoms. The molecule has 0 aliphatic carbocycles. The van der Waals surface area contributed by atoms with E-state index < -0.39 is 23.4 Å². The largest absolute Gasteiger partial charge is 0.347 e. The molecule has 2 atom stereocenters.